The first-order chi connectivity index (χ1) is 8.53. The first-order valence-corrected chi connectivity index (χ1v) is 7.13. The second-order valence-electron chi connectivity index (χ2n) is 5.45. The van der Waals surface area contributed by atoms with E-state index in [9.17, 15) is 4.79 Å². The lowest BCUT2D eigenvalue weighted by atomic mass is 9.89. The summed E-state index contributed by atoms with van der Waals surface area (Å²) in [5.41, 5.74) is 8.87. The van der Waals surface area contributed by atoms with Gasteiger partial charge in [-0.2, -0.15) is 5.10 Å². The number of hydrogen-bond donors (Lipinski definition) is 2. The van der Waals surface area contributed by atoms with Crippen LogP contribution in [0.1, 0.15) is 59.8 Å². The highest BCUT2D eigenvalue weighted by atomic mass is 16.2. The zero-order valence-electron chi connectivity index (χ0n) is 12.1. The minimum Gasteiger partial charge on any atom is -0.350 e. The highest BCUT2D eigenvalue weighted by Gasteiger charge is 2.62. The van der Waals surface area contributed by atoms with Gasteiger partial charge in [0.05, 0.1) is 0 Å². The average Bonchev–Trinajstić information content (AvgIpc) is 2.94. The van der Waals surface area contributed by atoms with Gasteiger partial charge in [0.1, 0.15) is 0 Å². The smallest absolute Gasteiger partial charge is 0.332 e. The number of nitrogens with two attached hydrogens (primary N) is 1. The van der Waals surface area contributed by atoms with Gasteiger partial charge < -0.3 is 5.73 Å². The zero-order chi connectivity index (χ0) is 13.8. The number of nitrogens with one attached hydrogen (secondary N) is 1. The largest absolute Gasteiger partial charge is 0.350 e. The summed E-state index contributed by atoms with van der Waals surface area (Å²) in [6.07, 6.45) is 6.13. The van der Waals surface area contributed by atoms with Crippen molar-refractivity contribution >= 4 is 11.7 Å². The van der Waals surface area contributed by atoms with Gasteiger partial charge in [-0.25, -0.2) is 10.2 Å². The summed E-state index contributed by atoms with van der Waals surface area (Å²) in [5, 5.41) is 4.14. The van der Waals surface area contributed by atoms with Crippen LogP contribution in [-0.4, -0.2) is 11.7 Å². The second-order valence-corrected chi connectivity index (χ2v) is 5.45. The fourth-order valence-corrected chi connectivity index (χ4v) is 3.88. The van der Waals surface area contributed by atoms with Crippen LogP contribution < -0.4 is 11.2 Å². The Morgan fingerprint density at radius 1 is 1.28 bits per heavy atom. The van der Waals surface area contributed by atoms with Crippen LogP contribution in [0.3, 0.4) is 0 Å². The summed E-state index contributed by atoms with van der Waals surface area (Å²) >= 11 is 0. The van der Waals surface area contributed by atoms with E-state index in [1.54, 1.807) is 0 Å². The van der Waals surface area contributed by atoms with Crippen LogP contribution in [0.2, 0.25) is 0 Å². The van der Waals surface area contributed by atoms with Crippen molar-refractivity contribution in [3.05, 3.63) is 0 Å². The summed E-state index contributed by atoms with van der Waals surface area (Å²) in [5.74, 6) is 1.24. The number of amides is 2. The second kappa shape index (κ2) is 6.21. The Morgan fingerprint density at radius 3 is 2.22 bits per heavy atom. The van der Waals surface area contributed by atoms with Crippen LogP contribution in [0.4, 0.5) is 4.79 Å². The van der Waals surface area contributed by atoms with E-state index >= 15 is 0 Å². The molecule has 0 bridgehead atoms. The average molecular weight is 253 g/mol. The summed E-state index contributed by atoms with van der Waals surface area (Å²) in [6.45, 7) is 8.75. The standard InChI is InChI=1S/C14H27N3O/c1-5-8-14(9-6-2)11(7-3)12(14)10(4)16-17-13(15)18/h11-12H,5-9H2,1-4H3,(H3,15,17,18)/b16-10-/t11-,12+/m1/s1. The highest BCUT2D eigenvalue weighted by molar-refractivity contribution is 5.89. The van der Waals surface area contributed by atoms with Crippen molar-refractivity contribution in [3.63, 3.8) is 0 Å². The van der Waals surface area contributed by atoms with Crippen LogP contribution in [0, 0.1) is 17.3 Å². The quantitative estimate of drug-likeness (QED) is 0.530. The number of hydrazone groups is 1. The van der Waals surface area contributed by atoms with E-state index in [0.29, 0.717) is 11.3 Å². The Labute approximate surface area is 110 Å². The van der Waals surface area contributed by atoms with Gasteiger partial charge in [0.15, 0.2) is 0 Å². The van der Waals surface area contributed by atoms with Crippen molar-refractivity contribution in [2.45, 2.75) is 59.8 Å². The molecule has 0 spiro atoms. The maximum absolute atomic E-state index is 10.7. The molecule has 0 saturated heterocycles. The number of carbonyl (C=O) groups is 1. The van der Waals surface area contributed by atoms with Crippen molar-refractivity contribution in [2.75, 3.05) is 0 Å². The predicted octanol–water partition coefficient (Wildman–Crippen LogP) is 3.27. The van der Waals surface area contributed by atoms with Crippen LogP contribution >= 0.6 is 0 Å². The van der Waals surface area contributed by atoms with Gasteiger partial charge in [-0.05, 0) is 31.1 Å². The molecule has 1 aliphatic carbocycles. The van der Waals surface area contributed by atoms with Gasteiger partial charge in [0.25, 0.3) is 0 Å². The van der Waals surface area contributed by atoms with Gasteiger partial charge >= 0.3 is 6.03 Å². The number of nitrogens with zero attached hydrogens (tertiary/aromatic N) is 1. The molecule has 1 saturated carbocycles. The van der Waals surface area contributed by atoms with E-state index in [2.05, 4.69) is 31.3 Å². The number of urea groups is 1. The molecule has 2 atom stereocenters. The van der Waals surface area contributed by atoms with Gasteiger partial charge in [0.2, 0.25) is 0 Å². The lowest BCUT2D eigenvalue weighted by molar-refractivity contribution is 0.249. The van der Waals surface area contributed by atoms with Crippen molar-refractivity contribution in [1.82, 2.24) is 5.43 Å². The Kier molecular flexibility index (Phi) is 5.17. The van der Waals surface area contributed by atoms with Crippen molar-refractivity contribution in [3.8, 4) is 0 Å². The predicted molar refractivity (Wildman–Crippen MR) is 75.3 cm³/mol. The number of hydrogen-bond acceptors (Lipinski definition) is 2. The molecule has 3 N–H and O–H groups in total. The Morgan fingerprint density at radius 2 is 1.83 bits per heavy atom. The molecule has 1 fully saturated rings. The molecule has 1 aliphatic rings. The third kappa shape index (κ3) is 2.85. The molecule has 0 unspecified atom stereocenters. The SMILES string of the molecule is CCCC1(CCC)[C@H](CC)[C@@H]1/C(C)=N\NC(N)=O. The Hall–Kier alpha value is -1.06. The van der Waals surface area contributed by atoms with E-state index in [-0.39, 0.29) is 0 Å². The maximum Gasteiger partial charge on any atom is 0.332 e. The molecule has 104 valence electrons. The van der Waals surface area contributed by atoms with E-state index in [1.807, 2.05) is 6.92 Å². The number of primary amides is 1. The molecule has 4 nitrogen and oxygen atoms in total. The van der Waals surface area contributed by atoms with Gasteiger partial charge in [-0.15, -0.1) is 0 Å². The first kappa shape index (κ1) is 15.0. The molecule has 0 radical (unpaired) electrons. The van der Waals surface area contributed by atoms with Crippen molar-refractivity contribution in [1.29, 1.82) is 0 Å². The lowest BCUT2D eigenvalue weighted by Crippen LogP contribution is -2.26. The highest BCUT2D eigenvalue weighted by Crippen LogP contribution is 2.66. The molecule has 1 rings (SSSR count). The first-order valence-electron chi connectivity index (χ1n) is 7.13. The zero-order valence-corrected chi connectivity index (χ0v) is 12.1. The fourth-order valence-electron chi connectivity index (χ4n) is 3.88. The molecule has 4 heteroatoms. The van der Waals surface area contributed by atoms with Gasteiger partial charge in [-0.1, -0.05) is 40.0 Å². The number of carbonyl (C=O) groups excluding carboxylic acids is 1. The molecule has 0 aliphatic heterocycles. The summed E-state index contributed by atoms with van der Waals surface area (Å²) in [4.78, 5) is 10.7. The molecular weight excluding hydrogens is 226 g/mol. The van der Waals surface area contributed by atoms with Crippen LogP contribution in [0.25, 0.3) is 0 Å². The third-order valence-corrected chi connectivity index (χ3v) is 4.31. The van der Waals surface area contributed by atoms with Crippen LogP contribution in [0.5, 0.6) is 0 Å². The van der Waals surface area contributed by atoms with Crippen molar-refractivity contribution < 1.29 is 4.79 Å². The molecule has 0 aromatic carbocycles. The van der Waals surface area contributed by atoms with E-state index < -0.39 is 6.03 Å². The topological polar surface area (TPSA) is 67.5 Å². The molecule has 0 aromatic rings. The van der Waals surface area contributed by atoms with E-state index in [4.69, 9.17) is 5.73 Å². The van der Waals surface area contributed by atoms with E-state index in [1.165, 1.54) is 32.1 Å². The molecular formula is C14H27N3O. The summed E-state index contributed by atoms with van der Waals surface area (Å²) in [6, 6.07) is -0.584. The normalized spacial score (nSPS) is 25.9. The summed E-state index contributed by atoms with van der Waals surface area (Å²) < 4.78 is 0. The van der Waals surface area contributed by atoms with Crippen molar-refractivity contribution in [2.24, 2.45) is 28.1 Å². The van der Waals surface area contributed by atoms with Gasteiger partial charge in [-0.3, -0.25) is 0 Å². The molecule has 2 amide bonds. The molecule has 18 heavy (non-hydrogen) atoms. The lowest BCUT2D eigenvalue weighted by Gasteiger charge is -2.16. The van der Waals surface area contributed by atoms with Crippen LogP contribution in [-0.2, 0) is 0 Å². The Bertz CT molecular complexity index is 319. The minimum absolute atomic E-state index is 0.422. The monoisotopic (exact) mass is 253 g/mol. The summed E-state index contributed by atoms with van der Waals surface area (Å²) in [7, 11) is 0. The minimum atomic E-state index is -0.584. The number of rotatable bonds is 7. The molecule has 0 aromatic heterocycles. The molecule has 0 heterocycles. The van der Waals surface area contributed by atoms with Gasteiger partial charge in [0, 0.05) is 11.6 Å². The fraction of sp³-hybridized carbons (Fsp3) is 0.857. The van der Waals surface area contributed by atoms with E-state index in [0.717, 1.165) is 11.6 Å². The third-order valence-electron chi connectivity index (χ3n) is 4.31. The maximum atomic E-state index is 10.7. The Balaban J connectivity index is 2.80. The van der Waals surface area contributed by atoms with Crippen LogP contribution in [0.15, 0.2) is 5.10 Å².